The van der Waals surface area contributed by atoms with Crippen molar-refractivity contribution in [2.45, 2.75) is 0 Å². The van der Waals surface area contributed by atoms with Crippen LogP contribution in [0.5, 0.6) is 11.5 Å². The molecule has 0 spiro atoms. The maximum Gasteiger partial charge on any atom is 0.394 e. The molecule has 7 heteroatoms. The van der Waals surface area contributed by atoms with Crippen LogP contribution in [0.15, 0.2) is 48.5 Å². The number of ether oxygens (including phenoxy) is 1. The first kappa shape index (κ1) is 13.3. The number of fused-ring (bicyclic) bond motifs is 2. The summed E-state index contributed by atoms with van der Waals surface area (Å²) in [5, 5.41) is 3.32. The Hall–Kier alpha value is -2.09. The monoisotopic (exact) mass is 281 g/mol. The average molecular weight is 281 g/mol. The van der Waals surface area contributed by atoms with Crippen molar-refractivity contribution in [3.63, 3.8) is 0 Å². The number of nitrogens with one attached hydrogen (secondary N) is 1. The molecule has 0 fully saturated rings. The number of benzene rings is 2. The largest absolute Gasteiger partial charge is 0.453 e. The van der Waals surface area contributed by atoms with Gasteiger partial charge in [-0.2, -0.15) is 8.42 Å². The first-order valence-electron chi connectivity index (χ1n) is 5.26. The van der Waals surface area contributed by atoms with Gasteiger partial charge in [0.1, 0.15) is 0 Å². The summed E-state index contributed by atoms with van der Waals surface area (Å²) in [6.45, 7) is 0. The lowest BCUT2D eigenvalue weighted by Crippen LogP contribution is -2.01. The molecule has 2 aromatic carbocycles. The number of para-hydroxylation sites is 4. The molecule has 3 N–H and O–H groups in total. The Morgan fingerprint density at radius 1 is 0.842 bits per heavy atom. The fourth-order valence-corrected chi connectivity index (χ4v) is 1.58. The van der Waals surface area contributed by atoms with Gasteiger partial charge in [-0.1, -0.05) is 24.3 Å². The lowest BCUT2D eigenvalue weighted by Gasteiger charge is -2.20. The van der Waals surface area contributed by atoms with Crippen molar-refractivity contribution in [2.24, 2.45) is 0 Å². The van der Waals surface area contributed by atoms with Gasteiger partial charge in [0.2, 0.25) is 0 Å². The molecule has 19 heavy (non-hydrogen) atoms. The molecule has 6 nitrogen and oxygen atoms in total. The van der Waals surface area contributed by atoms with Gasteiger partial charge in [0.05, 0.1) is 11.4 Å². The van der Waals surface area contributed by atoms with Crippen molar-refractivity contribution in [2.75, 3.05) is 5.32 Å². The van der Waals surface area contributed by atoms with Crippen molar-refractivity contribution in [1.29, 1.82) is 0 Å². The maximum absolute atomic E-state index is 8.74. The number of hydrogen-bond donors (Lipinski definition) is 3. The highest BCUT2D eigenvalue weighted by molar-refractivity contribution is 7.79. The van der Waals surface area contributed by atoms with E-state index in [1.165, 1.54) is 0 Å². The summed E-state index contributed by atoms with van der Waals surface area (Å²) < 4.78 is 37.3. The van der Waals surface area contributed by atoms with Gasteiger partial charge < -0.3 is 10.1 Å². The van der Waals surface area contributed by atoms with Crippen LogP contribution in [0, 0.1) is 0 Å². The van der Waals surface area contributed by atoms with Crippen LogP contribution in [0.1, 0.15) is 0 Å². The second-order valence-corrected chi connectivity index (χ2v) is 4.56. The Bertz CT molecular complexity index is 589. The third-order valence-corrected chi connectivity index (χ3v) is 2.26. The average Bonchev–Trinajstić information content (AvgIpc) is 2.34. The van der Waals surface area contributed by atoms with Crippen LogP contribution in [0.3, 0.4) is 0 Å². The molecule has 1 aliphatic rings. The molecular weight excluding hydrogens is 270 g/mol. The van der Waals surface area contributed by atoms with Gasteiger partial charge in [0.25, 0.3) is 0 Å². The van der Waals surface area contributed by atoms with Gasteiger partial charge in [0.15, 0.2) is 11.5 Å². The summed E-state index contributed by atoms with van der Waals surface area (Å²) in [6.07, 6.45) is 0. The zero-order chi connectivity index (χ0) is 13.9. The van der Waals surface area contributed by atoms with E-state index < -0.39 is 10.4 Å². The van der Waals surface area contributed by atoms with Crippen LogP contribution in [0.25, 0.3) is 0 Å². The van der Waals surface area contributed by atoms with Crippen LogP contribution in [0.4, 0.5) is 11.4 Å². The molecule has 0 aromatic heterocycles. The van der Waals surface area contributed by atoms with Crippen molar-refractivity contribution < 1.29 is 22.3 Å². The topological polar surface area (TPSA) is 95.9 Å². The fraction of sp³-hybridized carbons (Fsp3) is 0. The third-order valence-electron chi connectivity index (χ3n) is 2.26. The summed E-state index contributed by atoms with van der Waals surface area (Å²) in [7, 11) is -4.67. The number of hydrogen-bond acceptors (Lipinski definition) is 4. The Morgan fingerprint density at radius 2 is 1.21 bits per heavy atom. The van der Waals surface area contributed by atoms with Crippen molar-refractivity contribution in [1.82, 2.24) is 0 Å². The van der Waals surface area contributed by atoms with E-state index in [9.17, 15) is 0 Å². The molecule has 3 rings (SSSR count). The van der Waals surface area contributed by atoms with Crippen LogP contribution in [0.2, 0.25) is 0 Å². The third kappa shape index (κ3) is 3.95. The van der Waals surface area contributed by atoms with Crippen LogP contribution < -0.4 is 10.1 Å². The smallest absolute Gasteiger partial charge is 0.394 e. The standard InChI is InChI=1S/C12H9NO.H2O4S/c1-3-7-11-9(5-1)13-10-6-2-4-8-12(10)14-11;1-5(2,3)4/h1-8,13H;(H2,1,2,3,4). The van der Waals surface area contributed by atoms with Crippen LogP contribution in [-0.4, -0.2) is 17.5 Å². The van der Waals surface area contributed by atoms with E-state index in [2.05, 4.69) is 5.32 Å². The minimum absolute atomic E-state index is 0.881. The molecule has 0 saturated carbocycles. The summed E-state index contributed by atoms with van der Waals surface area (Å²) in [5.74, 6) is 1.76. The molecule has 1 heterocycles. The van der Waals surface area contributed by atoms with Crippen molar-refractivity contribution in [3.8, 4) is 11.5 Å². The first-order chi connectivity index (χ1) is 8.93. The Kier molecular flexibility index (Phi) is 3.70. The highest BCUT2D eigenvalue weighted by Crippen LogP contribution is 2.40. The minimum atomic E-state index is -4.67. The van der Waals surface area contributed by atoms with E-state index >= 15 is 0 Å². The zero-order valence-electron chi connectivity index (χ0n) is 9.65. The molecule has 0 aliphatic carbocycles. The summed E-state index contributed by atoms with van der Waals surface area (Å²) in [4.78, 5) is 0. The molecule has 0 unspecified atom stereocenters. The molecular formula is C12H11NO5S. The molecule has 0 atom stereocenters. The van der Waals surface area contributed by atoms with Crippen LogP contribution in [-0.2, 0) is 10.4 Å². The molecule has 100 valence electrons. The van der Waals surface area contributed by atoms with Crippen molar-refractivity contribution in [3.05, 3.63) is 48.5 Å². The predicted octanol–water partition coefficient (Wildman–Crippen LogP) is 2.88. The Morgan fingerprint density at radius 3 is 1.63 bits per heavy atom. The lowest BCUT2D eigenvalue weighted by atomic mass is 10.2. The Balaban J connectivity index is 0.000000232. The second kappa shape index (κ2) is 5.27. The Labute approximate surface area is 110 Å². The highest BCUT2D eigenvalue weighted by Gasteiger charge is 2.13. The summed E-state index contributed by atoms with van der Waals surface area (Å²) in [5.41, 5.74) is 2.04. The predicted molar refractivity (Wildman–Crippen MR) is 70.4 cm³/mol. The minimum Gasteiger partial charge on any atom is -0.453 e. The lowest BCUT2D eigenvalue weighted by molar-refractivity contribution is 0.381. The summed E-state index contributed by atoms with van der Waals surface area (Å²) >= 11 is 0. The fourth-order valence-electron chi connectivity index (χ4n) is 1.58. The molecule has 2 aromatic rings. The van der Waals surface area contributed by atoms with Gasteiger partial charge in [-0.05, 0) is 24.3 Å². The molecule has 0 amide bonds. The maximum atomic E-state index is 8.74. The van der Waals surface area contributed by atoms with E-state index in [1.807, 2.05) is 48.5 Å². The molecule has 0 saturated heterocycles. The van der Waals surface area contributed by atoms with E-state index in [-0.39, 0.29) is 0 Å². The second-order valence-electron chi connectivity index (χ2n) is 3.67. The number of rotatable bonds is 0. The van der Waals surface area contributed by atoms with E-state index in [4.69, 9.17) is 22.3 Å². The quantitative estimate of drug-likeness (QED) is 0.548. The first-order valence-corrected chi connectivity index (χ1v) is 6.66. The van der Waals surface area contributed by atoms with Gasteiger partial charge in [-0.15, -0.1) is 0 Å². The van der Waals surface area contributed by atoms with Gasteiger partial charge >= 0.3 is 10.4 Å². The van der Waals surface area contributed by atoms with Gasteiger partial charge in [-0.3, -0.25) is 9.11 Å². The molecule has 1 aliphatic heterocycles. The van der Waals surface area contributed by atoms with Crippen LogP contribution >= 0.6 is 0 Å². The molecule has 0 bridgehead atoms. The highest BCUT2D eigenvalue weighted by atomic mass is 32.3. The van der Waals surface area contributed by atoms with E-state index in [1.54, 1.807) is 0 Å². The number of anilines is 2. The van der Waals surface area contributed by atoms with Gasteiger partial charge in [0, 0.05) is 0 Å². The molecule has 0 radical (unpaired) electrons. The summed E-state index contributed by atoms with van der Waals surface area (Å²) in [6, 6.07) is 15.8. The van der Waals surface area contributed by atoms with E-state index in [0.29, 0.717) is 0 Å². The van der Waals surface area contributed by atoms with Gasteiger partial charge in [-0.25, -0.2) is 0 Å². The van der Waals surface area contributed by atoms with E-state index in [0.717, 1.165) is 22.9 Å². The van der Waals surface area contributed by atoms with Crippen molar-refractivity contribution >= 4 is 21.8 Å². The zero-order valence-corrected chi connectivity index (χ0v) is 10.5. The normalized spacial score (nSPS) is 11.9. The SMILES string of the molecule is O=S(=O)(O)O.c1ccc2c(c1)Nc1ccccc1O2.